The normalized spacial score (nSPS) is 21.2. The van der Waals surface area contributed by atoms with Gasteiger partial charge in [-0.05, 0) is 30.5 Å². The predicted molar refractivity (Wildman–Crippen MR) is 84.4 cm³/mol. The number of nitrogens with zero attached hydrogens (tertiary/aromatic N) is 1. The van der Waals surface area contributed by atoms with Crippen LogP contribution in [0.15, 0.2) is 54.9 Å². The minimum absolute atomic E-state index is 0.195. The van der Waals surface area contributed by atoms with Gasteiger partial charge >= 0.3 is 5.92 Å². The molecule has 4 nitrogen and oxygen atoms in total. The summed E-state index contributed by atoms with van der Waals surface area (Å²) in [6.07, 6.45) is 3.29. The van der Waals surface area contributed by atoms with E-state index in [0.717, 1.165) is 17.7 Å². The van der Waals surface area contributed by atoms with Gasteiger partial charge in [-0.15, -0.1) is 0 Å². The Morgan fingerprint density at radius 3 is 2.58 bits per heavy atom. The van der Waals surface area contributed by atoms with Crippen molar-refractivity contribution in [2.75, 3.05) is 6.61 Å². The lowest BCUT2D eigenvalue weighted by Gasteiger charge is -2.31. The number of rotatable bonds is 4. The van der Waals surface area contributed by atoms with E-state index in [2.05, 4.69) is 10.3 Å². The average Bonchev–Trinajstić information content (AvgIpc) is 2.63. The number of nitrogens with one attached hydrogen (secondary N) is 1. The summed E-state index contributed by atoms with van der Waals surface area (Å²) in [5.74, 6) is -4.86. The second kappa shape index (κ2) is 7.05. The molecule has 0 radical (unpaired) electrons. The van der Waals surface area contributed by atoms with Crippen LogP contribution in [0.2, 0.25) is 0 Å². The van der Waals surface area contributed by atoms with Crippen LogP contribution in [0.3, 0.4) is 0 Å². The van der Waals surface area contributed by atoms with E-state index in [1.54, 1.807) is 0 Å². The molecular formula is C18H18F2N2O2. The van der Waals surface area contributed by atoms with E-state index < -0.39 is 11.8 Å². The number of ether oxygens (including phenoxy) is 1. The molecular weight excluding hydrogens is 314 g/mol. The third kappa shape index (κ3) is 3.59. The molecule has 126 valence electrons. The van der Waals surface area contributed by atoms with Gasteiger partial charge in [-0.1, -0.05) is 30.3 Å². The summed E-state index contributed by atoms with van der Waals surface area (Å²) < 4.78 is 34.2. The Morgan fingerprint density at radius 1 is 1.17 bits per heavy atom. The van der Waals surface area contributed by atoms with Crippen LogP contribution in [0.4, 0.5) is 8.78 Å². The number of amides is 1. The molecule has 3 rings (SSSR count). The number of hydrogen-bond donors (Lipinski definition) is 1. The second-order valence-electron chi connectivity index (χ2n) is 5.78. The lowest BCUT2D eigenvalue weighted by molar-refractivity contribution is -0.148. The molecule has 2 aromatic rings. The van der Waals surface area contributed by atoms with Gasteiger partial charge in [-0.25, -0.2) is 0 Å². The van der Waals surface area contributed by atoms with Gasteiger partial charge in [-0.3, -0.25) is 9.78 Å². The van der Waals surface area contributed by atoms with Crippen molar-refractivity contribution in [1.29, 1.82) is 0 Å². The quantitative estimate of drug-likeness (QED) is 0.935. The van der Waals surface area contributed by atoms with Crippen molar-refractivity contribution in [2.45, 2.75) is 30.9 Å². The second-order valence-corrected chi connectivity index (χ2v) is 5.78. The van der Waals surface area contributed by atoms with E-state index in [4.69, 9.17) is 4.74 Å². The van der Waals surface area contributed by atoms with Crippen molar-refractivity contribution < 1.29 is 18.3 Å². The van der Waals surface area contributed by atoms with Crippen LogP contribution < -0.4 is 5.32 Å². The van der Waals surface area contributed by atoms with Gasteiger partial charge < -0.3 is 10.1 Å². The molecule has 1 aromatic heterocycles. The maximum absolute atomic E-state index is 14.3. The number of pyridine rings is 1. The minimum atomic E-state index is -3.58. The fourth-order valence-electron chi connectivity index (χ4n) is 2.80. The zero-order chi connectivity index (χ0) is 17.0. The Morgan fingerprint density at radius 2 is 1.88 bits per heavy atom. The molecule has 0 unspecified atom stereocenters. The van der Waals surface area contributed by atoms with Crippen molar-refractivity contribution in [3.8, 4) is 0 Å². The number of benzene rings is 1. The molecule has 1 fully saturated rings. The zero-order valence-corrected chi connectivity index (χ0v) is 13.0. The first-order chi connectivity index (χ1) is 11.6. The van der Waals surface area contributed by atoms with Crippen LogP contribution in [0.5, 0.6) is 0 Å². The molecule has 1 N–H and O–H groups in total. The molecule has 0 spiro atoms. The highest BCUT2D eigenvalue weighted by atomic mass is 19.3. The van der Waals surface area contributed by atoms with Crippen LogP contribution in [0, 0.1) is 0 Å². The van der Waals surface area contributed by atoms with Gasteiger partial charge in [0, 0.05) is 30.6 Å². The number of carbonyl (C=O) groups excluding carboxylic acids is 1. The van der Waals surface area contributed by atoms with E-state index in [-0.39, 0.29) is 17.7 Å². The van der Waals surface area contributed by atoms with E-state index in [9.17, 15) is 13.6 Å². The minimum Gasteiger partial charge on any atom is -0.373 e. The molecule has 1 aromatic carbocycles. The molecule has 0 bridgehead atoms. The van der Waals surface area contributed by atoms with Crippen molar-refractivity contribution in [3.05, 3.63) is 66.0 Å². The third-order valence-electron chi connectivity index (χ3n) is 4.12. The van der Waals surface area contributed by atoms with Gasteiger partial charge in [0.05, 0.1) is 6.10 Å². The summed E-state index contributed by atoms with van der Waals surface area (Å²) in [6.45, 7) is 0.422. The van der Waals surface area contributed by atoms with E-state index in [1.165, 1.54) is 12.4 Å². The Labute approximate surface area is 138 Å². The molecule has 24 heavy (non-hydrogen) atoms. The molecule has 2 heterocycles. The van der Waals surface area contributed by atoms with Crippen LogP contribution in [0.1, 0.15) is 30.1 Å². The van der Waals surface area contributed by atoms with E-state index in [0.29, 0.717) is 19.4 Å². The fourth-order valence-corrected chi connectivity index (χ4v) is 2.80. The van der Waals surface area contributed by atoms with E-state index >= 15 is 0 Å². The van der Waals surface area contributed by atoms with Gasteiger partial charge in [0.15, 0.2) is 0 Å². The van der Waals surface area contributed by atoms with Crippen molar-refractivity contribution in [2.24, 2.45) is 0 Å². The van der Waals surface area contributed by atoms with Gasteiger partial charge in [0.2, 0.25) is 0 Å². The van der Waals surface area contributed by atoms with Crippen LogP contribution in [-0.4, -0.2) is 23.5 Å². The molecule has 1 saturated heterocycles. The first kappa shape index (κ1) is 16.5. The monoisotopic (exact) mass is 332 g/mol. The summed E-state index contributed by atoms with van der Waals surface area (Å²) in [4.78, 5) is 15.8. The molecule has 1 aliphatic heterocycles. The summed E-state index contributed by atoms with van der Waals surface area (Å²) >= 11 is 0. The lowest BCUT2D eigenvalue weighted by atomic mass is 9.97. The van der Waals surface area contributed by atoms with Gasteiger partial charge in [-0.2, -0.15) is 8.78 Å². The van der Waals surface area contributed by atoms with E-state index in [1.807, 2.05) is 30.3 Å². The van der Waals surface area contributed by atoms with Gasteiger partial charge in [0.25, 0.3) is 5.91 Å². The Kier molecular flexibility index (Phi) is 4.85. The zero-order valence-electron chi connectivity index (χ0n) is 13.0. The average molecular weight is 332 g/mol. The van der Waals surface area contributed by atoms with Crippen LogP contribution in [-0.2, 0) is 15.5 Å². The van der Waals surface area contributed by atoms with Crippen molar-refractivity contribution >= 4 is 5.91 Å². The van der Waals surface area contributed by atoms with Crippen molar-refractivity contribution in [3.63, 3.8) is 0 Å². The smallest absolute Gasteiger partial charge is 0.349 e. The number of aromatic nitrogens is 1. The summed E-state index contributed by atoms with van der Waals surface area (Å²) in [7, 11) is 0. The molecule has 0 aliphatic carbocycles. The van der Waals surface area contributed by atoms with Crippen LogP contribution >= 0.6 is 0 Å². The maximum Gasteiger partial charge on any atom is 0.349 e. The molecule has 6 heteroatoms. The number of halogens is 2. The largest absolute Gasteiger partial charge is 0.373 e. The number of alkyl halides is 2. The highest BCUT2D eigenvalue weighted by Crippen LogP contribution is 2.31. The molecule has 1 amide bonds. The highest BCUT2D eigenvalue weighted by molar-refractivity contribution is 5.84. The van der Waals surface area contributed by atoms with Crippen molar-refractivity contribution in [1.82, 2.24) is 10.3 Å². The Balaban J connectivity index is 1.66. The van der Waals surface area contributed by atoms with Gasteiger partial charge in [0.1, 0.15) is 0 Å². The standard InChI is InChI=1S/C18H18F2N2O2/c19-18(20,14-6-9-21-10-7-14)17(23)22-15-8-11-24-16(12-15)13-4-2-1-3-5-13/h1-7,9-10,15-16H,8,11-12H2,(H,22,23)/t15-,16-/m1/s1. The summed E-state index contributed by atoms with van der Waals surface area (Å²) in [6, 6.07) is 11.5. The summed E-state index contributed by atoms with van der Waals surface area (Å²) in [5.41, 5.74) is 0.624. The SMILES string of the molecule is O=C(N[C@@H]1CCO[C@@H](c2ccccc2)C1)C(F)(F)c1ccncc1. The first-order valence-corrected chi connectivity index (χ1v) is 7.83. The topological polar surface area (TPSA) is 51.2 Å². The number of hydrogen-bond acceptors (Lipinski definition) is 3. The van der Waals surface area contributed by atoms with Crippen LogP contribution in [0.25, 0.3) is 0 Å². The Hall–Kier alpha value is -2.34. The fraction of sp³-hybridized carbons (Fsp3) is 0.333. The number of carbonyl (C=O) groups is 1. The molecule has 2 atom stereocenters. The predicted octanol–water partition coefficient (Wildman–Crippen LogP) is 3.21. The maximum atomic E-state index is 14.3. The summed E-state index contributed by atoms with van der Waals surface area (Å²) in [5, 5.41) is 2.47. The lowest BCUT2D eigenvalue weighted by Crippen LogP contribution is -2.46. The third-order valence-corrected chi connectivity index (χ3v) is 4.12. The first-order valence-electron chi connectivity index (χ1n) is 7.83. The Bertz CT molecular complexity index is 680. The highest BCUT2D eigenvalue weighted by Gasteiger charge is 2.42. The molecule has 0 saturated carbocycles. The molecule has 1 aliphatic rings.